The number of nitrogens with zero attached hydrogens (tertiary/aromatic N) is 5. The number of rotatable bonds is 5. The third-order valence-electron chi connectivity index (χ3n) is 6.89. The van der Waals surface area contributed by atoms with Crippen molar-refractivity contribution >= 4 is 43.1 Å². The second kappa shape index (κ2) is 9.11. The number of aromatic nitrogens is 2. The fraction of sp³-hybridized carbons (Fsp3) is 0.500. The van der Waals surface area contributed by atoms with Crippen LogP contribution in [0.15, 0.2) is 29.2 Å². The number of benzene rings is 1. The van der Waals surface area contributed by atoms with Crippen molar-refractivity contribution in [1.29, 1.82) is 0 Å². The highest BCUT2D eigenvalue weighted by atomic mass is 32.2. The van der Waals surface area contributed by atoms with Crippen LogP contribution in [-0.2, 0) is 22.9 Å². The van der Waals surface area contributed by atoms with E-state index in [0.29, 0.717) is 32.1 Å². The van der Waals surface area contributed by atoms with E-state index in [2.05, 4.69) is 25.7 Å². The fourth-order valence-electron chi connectivity index (χ4n) is 4.86. The van der Waals surface area contributed by atoms with Crippen LogP contribution in [-0.4, -0.2) is 53.8 Å². The highest BCUT2D eigenvalue weighted by molar-refractivity contribution is 7.89. The van der Waals surface area contributed by atoms with Crippen LogP contribution in [0, 0.1) is 16.0 Å². The average Bonchev–Trinajstić information content (AvgIpc) is 3.21. The Hall–Kier alpha value is -2.63. The molecule has 186 valence electrons. The topological polar surface area (TPSA) is 110 Å². The number of anilines is 1. The molecule has 35 heavy (non-hydrogen) atoms. The molecule has 0 amide bonds. The van der Waals surface area contributed by atoms with Gasteiger partial charge in [0.1, 0.15) is 16.5 Å². The summed E-state index contributed by atoms with van der Waals surface area (Å²) in [5, 5.41) is 12.1. The summed E-state index contributed by atoms with van der Waals surface area (Å²) in [6.07, 6.45) is 3.27. The summed E-state index contributed by atoms with van der Waals surface area (Å²) < 4.78 is 27.8. The molecule has 0 bridgehead atoms. The molecular formula is C24H29N5O4S2. The minimum absolute atomic E-state index is 0.0732. The lowest BCUT2D eigenvalue weighted by molar-refractivity contribution is -0.384. The number of hydrogen-bond acceptors (Lipinski definition) is 8. The van der Waals surface area contributed by atoms with Gasteiger partial charge in [-0.1, -0.05) is 20.8 Å². The Morgan fingerprint density at radius 2 is 1.80 bits per heavy atom. The van der Waals surface area contributed by atoms with Gasteiger partial charge in [-0.3, -0.25) is 10.1 Å². The molecule has 2 aliphatic rings. The van der Waals surface area contributed by atoms with E-state index in [1.54, 1.807) is 11.3 Å². The number of nitro benzene ring substituents is 1. The van der Waals surface area contributed by atoms with Gasteiger partial charge in [-0.05, 0) is 42.9 Å². The summed E-state index contributed by atoms with van der Waals surface area (Å²) in [6.45, 7) is 8.18. The molecule has 1 saturated heterocycles. The van der Waals surface area contributed by atoms with Crippen LogP contribution in [0.2, 0.25) is 0 Å². The number of thiophene rings is 1. The van der Waals surface area contributed by atoms with E-state index in [4.69, 9.17) is 9.97 Å². The molecule has 2 aromatic heterocycles. The molecule has 9 nitrogen and oxygen atoms in total. The van der Waals surface area contributed by atoms with Crippen molar-refractivity contribution in [2.24, 2.45) is 5.92 Å². The number of piperazine rings is 1. The molecule has 0 radical (unpaired) electrons. The summed E-state index contributed by atoms with van der Waals surface area (Å²) in [7, 11) is -3.73. The van der Waals surface area contributed by atoms with E-state index in [-0.39, 0.29) is 16.5 Å². The van der Waals surface area contributed by atoms with Gasteiger partial charge in [0.2, 0.25) is 10.0 Å². The van der Waals surface area contributed by atoms with Crippen molar-refractivity contribution in [3.63, 3.8) is 0 Å². The Morgan fingerprint density at radius 3 is 2.43 bits per heavy atom. The summed E-state index contributed by atoms with van der Waals surface area (Å²) in [5.41, 5.74) is 1.24. The first-order chi connectivity index (χ1) is 16.6. The summed E-state index contributed by atoms with van der Waals surface area (Å²) >= 11 is 1.79. The molecule has 1 atom stereocenters. The number of fused-ring (bicyclic) bond motifs is 3. The van der Waals surface area contributed by atoms with Crippen molar-refractivity contribution in [3.8, 4) is 0 Å². The summed E-state index contributed by atoms with van der Waals surface area (Å²) in [5.74, 6) is 2.61. The maximum absolute atomic E-state index is 13.2. The quantitative estimate of drug-likeness (QED) is 0.367. The smallest absolute Gasteiger partial charge is 0.269 e. The van der Waals surface area contributed by atoms with Crippen LogP contribution < -0.4 is 4.90 Å². The van der Waals surface area contributed by atoms with Crippen LogP contribution in [0.5, 0.6) is 0 Å². The van der Waals surface area contributed by atoms with E-state index in [1.165, 1.54) is 39.0 Å². The van der Waals surface area contributed by atoms with E-state index in [9.17, 15) is 18.5 Å². The van der Waals surface area contributed by atoms with Gasteiger partial charge < -0.3 is 4.90 Å². The van der Waals surface area contributed by atoms with E-state index >= 15 is 0 Å². The lowest BCUT2D eigenvalue weighted by Gasteiger charge is -2.35. The lowest BCUT2D eigenvalue weighted by atomic mass is 9.89. The average molecular weight is 516 g/mol. The predicted octanol–water partition coefficient (Wildman–Crippen LogP) is 4.36. The number of non-ortho nitro benzene ring substituents is 1. The van der Waals surface area contributed by atoms with Crippen LogP contribution >= 0.6 is 11.3 Å². The Morgan fingerprint density at radius 1 is 1.11 bits per heavy atom. The molecule has 0 N–H and O–H groups in total. The normalized spacial score (nSPS) is 19.3. The Balaban J connectivity index is 1.43. The van der Waals surface area contributed by atoms with Crippen molar-refractivity contribution in [3.05, 3.63) is 50.6 Å². The van der Waals surface area contributed by atoms with Gasteiger partial charge in [0, 0.05) is 49.1 Å². The van der Waals surface area contributed by atoms with E-state index in [0.717, 1.165) is 41.1 Å². The van der Waals surface area contributed by atoms with Crippen molar-refractivity contribution in [1.82, 2.24) is 14.3 Å². The number of nitro groups is 1. The highest BCUT2D eigenvalue weighted by Crippen LogP contribution is 2.41. The zero-order valence-electron chi connectivity index (χ0n) is 20.1. The molecule has 0 saturated carbocycles. The van der Waals surface area contributed by atoms with Crippen LogP contribution in [0.1, 0.15) is 49.4 Å². The first kappa shape index (κ1) is 24.1. The van der Waals surface area contributed by atoms with Gasteiger partial charge in [0.15, 0.2) is 0 Å². The maximum Gasteiger partial charge on any atom is 0.269 e. The van der Waals surface area contributed by atoms with E-state index < -0.39 is 14.9 Å². The number of aryl methyl sites for hydroxylation is 1. The van der Waals surface area contributed by atoms with E-state index in [1.807, 2.05) is 0 Å². The van der Waals surface area contributed by atoms with Gasteiger partial charge >= 0.3 is 0 Å². The zero-order chi connectivity index (χ0) is 24.9. The zero-order valence-corrected chi connectivity index (χ0v) is 21.7. The summed E-state index contributed by atoms with van der Waals surface area (Å²) in [6, 6.07) is 5.08. The van der Waals surface area contributed by atoms with Gasteiger partial charge in [-0.2, -0.15) is 4.31 Å². The fourth-order valence-corrected chi connectivity index (χ4v) is 7.66. The molecule has 5 rings (SSSR count). The van der Waals surface area contributed by atoms with Crippen molar-refractivity contribution < 1.29 is 13.3 Å². The number of sulfonamides is 1. The molecule has 1 unspecified atom stereocenters. The molecule has 3 heterocycles. The van der Waals surface area contributed by atoms with Crippen LogP contribution in [0.3, 0.4) is 0 Å². The third-order valence-corrected chi connectivity index (χ3v) is 9.95. The molecule has 1 aromatic carbocycles. The second-order valence-corrected chi connectivity index (χ2v) is 12.8. The lowest BCUT2D eigenvalue weighted by Crippen LogP contribution is -2.49. The Labute approximate surface area is 209 Å². The van der Waals surface area contributed by atoms with Gasteiger partial charge in [0.05, 0.1) is 15.2 Å². The van der Waals surface area contributed by atoms with Crippen molar-refractivity contribution in [2.45, 2.75) is 50.8 Å². The van der Waals surface area contributed by atoms with Crippen LogP contribution in [0.25, 0.3) is 10.2 Å². The summed E-state index contributed by atoms with van der Waals surface area (Å²) in [4.78, 5) is 25.0. The minimum Gasteiger partial charge on any atom is -0.353 e. The molecule has 1 aliphatic carbocycles. The second-order valence-electron chi connectivity index (χ2n) is 9.73. The molecule has 1 aliphatic heterocycles. The molecule has 1 fully saturated rings. The monoisotopic (exact) mass is 515 g/mol. The third kappa shape index (κ3) is 4.41. The van der Waals surface area contributed by atoms with Crippen molar-refractivity contribution in [2.75, 3.05) is 31.1 Å². The molecule has 11 heteroatoms. The molecule has 3 aromatic rings. The Bertz CT molecular complexity index is 1380. The maximum atomic E-state index is 13.2. The van der Waals surface area contributed by atoms with Crippen LogP contribution in [0.4, 0.5) is 11.5 Å². The molecular weight excluding hydrogens is 486 g/mol. The number of hydrogen-bond donors (Lipinski definition) is 0. The SMILES string of the molecule is CC1CCc2c(sc3nc(C(C)C)nc(N4CCN(S(=O)(=O)c5ccc([N+](=O)[O-])cc5)CC4)c23)C1. The Kier molecular flexibility index (Phi) is 6.27. The highest BCUT2D eigenvalue weighted by Gasteiger charge is 2.32. The first-order valence-corrected chi connectivity index (χ1v) is 14.2. The minimum atomic E-state index is -3.73. The standard InChI is InChI=1S/C24H29N5O4S2/c1-15(2)22-25-23(21-19-9-4-16(3)14-20(19)34-24(21)26-22)27-10-12-28(13-11-27)35(32,33)18-7-5-17(6-8-18)29(30)31/h5-8,15-16H,4,9-14H2,1-3H3. The molecule has 0 spiro atoms. The largest absolute Gasteiger partial charge is 0.353 e. The van der Waals surface area contributed by atoms with Gasteiger partial charge in [0.25, 0.3) is 5.69 Å². The van der Waals surface area contributed by atoms with Gasteiger partial charge in [-0.25, -0.2) is 18.4 Å². The van der Waals surface area contributed by atoms with Gasteiger partial charge in [-0.15, -0.1) is 11.3 Å². The predicted molar refractivity (Wildman–Crippen MR) is 137 cm³/mol. The first-order valence-electron chi connectivity index (χ1n) is 12.0.